The van der Waals surface area contributed by atoms with E-state index < -0.39 is 15.8 Å². The lowest BCUT2D eigenvalue weighted by molar-refractivity contribution is -0.0794. The average Bonchev–Trinajstić information content (AvgIpc) is 2.12. The molecule has 0 atom stereocenters. The molecule has 1 N–H and O–H groups in total. The first-order valence-corrected chi connectivity index (χ1v) is 7.87. The normalized spacial score (nSPS) is 19.3. The van der Waals surface area contributed by atoms with Gasteiger partial charge in [0.1, 0.15) is 10.4 Å². The number of aromatic nitrogens is 1. The largest absolute Gasteiger partial charge is 0.367 e. The minimum absolute atomic E-state index is 0.0759. The maximum Gasteiger partial charge on any atom is 0.252 e. The molecule has 1 aromatic heterocycles. The summed E-state index contributed by atoms with van der Waals surface area (Å²) in [6.07, 6.45) is 0.634. The molecule has 0 aromatic carbocycles. The van der Waals surface area contributed by atoms with E-state index >= 15 is 0 Å². The van der Waals surface area contributed by atoms with E-state index in [0.29, 0.717) is 5.82 Å². The number of alkyl halides is 2. The van der Waals surface area contributed by atoms with Gasteiger partial charge in [-0.15, -0.1) is 0 Å². The maximum absolute atomic E-state index is 12.6. The van der Waals surface area contributed by atoms with Crippen LogP contribution >= 0.6 is 15.9 Å². The SMILES string of the molecule is CS(=O)(=O)c1ccc(NC2CC(F)(F)C2)nc1Br. The van der Waals surface area contributed by atoms with Crippen LogP contribution in [0.2, 0.25) is 0 Å². The van der Waals surface area contributed by atoms with Crippen LogP contribution in [-0.2, 0) is 9.84 Å². The monoisotopic (exact) mass is 340 g/mol. The molecule has 4 nitrogen and oxygen atoms in total. The molecular formula is C10H11BrF2N2O2S. The van der Waals surface area contributed by atoms with Crippen molar-refractivity contribution in [3.8, 4) is 0 Å². The number of hydrogen-bond acceptors (Lipinski definition) is 4. The van der Waals surface area contributed by atoms with Crippen molar-refractivity contribution in [2.24, 2.45) is 0 Å². The summed E-state index contributed by atoms with van der Waals surface area (Å²) in [5.41, 5.74) is 0. The predicted molar refractivity (Wildman–Crippen MR) is 66.6 cm³/mol. The minimum Gasteiger partial charge on any atom is -0.367 e. The van der Waals surface area contributed by atoms with E-state index in [4.69, 9.17) is 0 Å². The van der Waals surface area contributed by atoms with Crippen molar-refractivity contribution in [2.45, 2.75) is 29.7 Å². The molecule has 1 aliphatic rings. The Balaban J connectivity index is 2.11. The highest BCUT2D eigenvalue weighted by molar-refractivity contribution is 9.10. The van der Waals surface area contributed by atoms with Crippen molar-refractivity contribution >= 4 is 31.6 Å². The first kappa shape index (κ1) is 13.7. The molecular weight excluding hydrogens is 330 g/mol. The molecule has 1 fully saturated rings. The van der Waals surface area contributed by atoms with Gasteiger partial charge in [0.25, 0.3) is 5.92 Å². The predicted octanol–water partition coefficient (Wildman–Crippen LogP) is 2.46. The Labute approximate surface area is 112 Å². The van der Waals surface area contributed by atoms with Crippen molar-refractivity contribution in [1.29, 1.82) is 0 Å². The highest BCUT2D eigenvalue weighted by atomic mass is 79.9. The molecule has 0 bridgehead atoms. The average molecular weight is 341 g/mol. The zero-order valence-electron chi connectivity index (χ0n) is 9.45. The van der Waals surface area contributed by atoms with Crippen LogP contribution in [0.5, 0.6) is 0 Å². The summed E-state index contributed by atoms with van der Waals surface area (Å²) < 4.78 is 48.2. The maximum atomic E-state index is 12.6. The summed E-state index contributed by atoms with van der Waals surface area (Å²) >= 11 is 3.06. The molecule has 1 saturated carbocycles. The zero-order valence-corrected chi connectivity index (χ0v) is 11.9. The quantitative estimate of drug-likeness (QED) is 0.858. The molecule has 1 aromatic rings. The van der Waals surface area contributed by atoms with Crippen LogP contribution in [0.25, 0.3) is 0 Å². The number of anilines is 1. The Kier molecular flexibility index (Phi) is 3.35. The van der Waals surface area contributed by atoms with Gasteiger partial charge in [-0.1, -0.05) is 0 Å². The number of hydrogen-bond donors (Lipinski definition) is 1. The number of halogens is 3. The molecule has 8 heteroatoms. The summed E-state index contributed by atoms with van der Waals surface area (Å²) in [7, 11) is -3.35. The van der Waals surface area contributed by atoms with Crippen LogP contribution in [0.15, 0.2) is 21.6 Å². The van der Waals surface area contributed by atoms with E-state index in [1.54, 1.807) is 0 Å². The summed E-state index contributed by atoms with van der Waals surface area (Å²) in [5, 5.41) is 2.84. The fourth-order valence-electron chi connectivity index (χ4n) is 1.75. The van der Waals surface area contributed by atoms with Crippen LogP contribution in [0.3, 0.4) is 0 Å². The third kappa shape index (κ3) is 2.97. The molecule has 18 heavy (non-hydrogen) atoms. The van der Waals surface area contributed by atoms with Crippen molar-refractivity contribution in [3.63, 3.8) is 0 Å². The van der Waals surface area contributed by atoms with E-state index in [-0.39, 0.29) is 28.4 Å². The molecule has 1 aliphatic carbocycles. The molecule has 0 aliphatic heterocycles. The number of pyridine rings is 1. The Morgan fingerprint density at radius 1 is 1.44 bits per heavy atom. The fraction of sp³-hybridized carbons (Fsp3) is 0.500. The lowest BCUT2D eigenvalue weighted by atomic mass is 9.88. The molecule has 2 rings (SSSR count). The van der Waals surface area contributed by atoms with Gasteiger partial charge < -0.3 is 5.32 Å². The Hall–Kier alpha value is -0.760. The molecule has 0 amide bonds. The first-order chi connectivity index (χ1) is 8.17. The van der Waals surface area contributed by atoms with Gasteiger partial charge in [-0.05, 0) is 28.1 Å². The number of sulfone groups is 1. The van der Waals surface area contributed by atoms with Gasteiger partial charge in [-0.25, -0.2) is 22.2 Å². The van der Waals surface area contributed by atoms with E-state index in [1.807, 2.05) is 0 Å². The highest BCUT2D eigenvalue weighted by Gasteiger charge is 2.45. The number of rotatable bonds is 3. The fourth-order valence-corrected chi connectivity index (χ4v) is 3.62. The number of nitrogens with one attached hydrogen (secondary N) is 1. The van der Waals surface area contributed by atoms with Crippen molar-refractivity contribution in [1.82, 2.24) is 4.98 Å². The Morgan fingerprint density at radius 3 is 2.50 bits per heavy atom. The second kappa shape index (κ2) is 4.41. The summed E-state index contributed by atoms with van der Waals surface area (Å²) in [5.74, 6) is -2.21. The van der Waals surface area contributed by atoms with Crippen molar-refractivity contribution in [3.05, 3.63) is 16.7 Å². The van der Waals surface area contributed by atoms with Crippen LogP contribution < -0.4 is 5.32 Å². The summed E-state index contributed by atoms with van der Waals surface area (Å²) in [6.45, 7) is 0. The van der Waals surface area contributed by atoms with Gasteiger partial charge in [0.15, 0.2) is 9.84 Å². The Morgan fingerprint density at radius 2 is 2.06 bits per heavy atom. The molecule has 0 spiro atoms. The van der Waals surface area contributed by atoms with Crippen LogP contribution in [0.4, 0.5) is 14.6 Å². The highest BCUT2D eigenvalue weighted by Crippen LogP contribution is 2.39. The minimum atomic E-state index is -3.35. The van der Waals surface area contributed by atoms with Gasteiger partial charge in [-0.3, -0.25) is 0 Å². The zero-order chi connectivity index (χ0) is 13.6. The first-order valence-electron chi connectivity index (χ1n) is 5.18. The molecule has 0 unspecified atom stereocenters. The third-order valence-corrected chi connectivity index (χ3v) is 4.65. The summed E-state index contributed by atoms with van der Waals surface area (Å²) in [4.78, 5) is 4.07. The van der Waals surface area contributed by atoms with Gasteiger partial charge in [0.05, 0.1) is 4.90 Å². The smallest absolute Gasteiger partial charge is 0.252 e. The second-order valence-electron chi connectivity index (χ2n) is 4.36. The van der Waals surface area contributed by atoms with Crippen molar-refractivity contribution < 1.29 is 17.2 Å². The van der Waals surface area contributed by atoms with E-state index in [0.717, 1.165) is 6.26 Å². The molecule has 0 radical (unpaired) electrons. The van der Waals surface area contributed by atoms with Gasteiger partial charge in [0.2, 0.25) is 0 Å². The Bertz CT molecular complexity index is 569. The second-order valence-corrected chi connectivity index (χ2v) is 7.10. The molecule has 0 saturated heterocycles. The topological polar surface area (TPSA) is 59.1 Å². The van der Waals surface area contributed by atoms with Gasteiger partial charge in [0, 0.05) is 25.1 Å². The lowest BCUT2D eigenvalue weighted by Gasteiger charge is -2.35. The third-order valence-electron chi connectivity index (χ3n) is 2.66. The van der Waals surface area contributed by atoms with Crippen molar-refractivity contribution in [2.75, 3.05) is 11.6 Å². The molecule has 1 heterocycles. The van der Waals surface area contributed by atoms with E-state index in [1.165, 1.54) is 12.1 Å². The number of nitrogens with zero attached hydrogens (tertiary/aromatic N) is 1. The van der Waals surface area contributed by atoms with E-state index in [9.17, 15) is 17.2 Å². The summed E-state index contributed by atoms with van der Waals surface area (Å²) in [6, 6.07) is 2.55. The van der Waals surface area contributed by atoms with Gasteiger partial charge in [-0.2, -0.15) is 0 Å². The van der Waals surface area contributed by atoms with Gasteiger partial charge >= 0.3 is 0 Å². The lowest BCUT2D eigenvalue weighted by Crippen LogP contribution is -2.44. The van der Waals surface area contributed by atoms with Crippen LogP contribution in [0.1, 0.15) is 12.8 Å². The van der Waals surface area contributed by atoms with E-state index in [2.05, 4.69) is 26.2 Å². The standard InChI is InChI=1S/C10H11BrF2N2O2S/c1-18(16,17)7-2-3-8(15-9(7)11)14-6-4-10(12,13)5-6/h2-3,6H,4-5H2,1H3,(H,14,15). The van der Waals surface area contributed by atoms with Crippen LogP contribution in [0, 0.1) is 0 Å². The molecule has 100 valence electrons. The van der Waals surface area contributed by atoms with Crippen LogP contribution in [-0.4, -0.2) is 31.6 Å².